The number of carbonyl (C=O) groups excluding carboxylic acids is 1. The van der Waals surface area contributed by atoms with Crippen molar-refractivity contribution < 1.29 is 14.7 Å². The summed E-state index contributed by atoms with van der Waals surface area (Å²) in [5.41, 5.74) is 5.10. The molecule has 1 unspecified atom stereocenters. The molecule has 1 aliphatic heterocycles. The van der Waals surface area contributed by atoms with Gasteiger partial charge in [-0.05, 0) is 60.4 Å². The number of benzene rings is 2. The topological polar surface area (TPSA) is 62.1 Å². The Morgan fingerprint density at radius 1 is 1.09 bits per heavy atom. The molecular formula is C28H30N2O3S2. The Labute approximate surface area is 214 Å². The number of amides is 1. The molecular weight excluding hydrogens is 476 g/mol. The lowest BCUT2D eigenvalue weighted by molar-refractivity contribution is 0.0728. The Kier molecular flexibility index (Phi) is 7.44. The van der Waals surface area contributed by atoms with Gasteiger partial charge in [0.2, 0.25) is 0 Å². The maximum Gasteiger partial charge on any atom is 0.264 e. The summed E-state index contributed by atoms with van der Waals surface area (Å²) in [6.07, 6.45) is 4.71. The summed E-state index contributed by atoms with van der Waals surface area (Å²) in [6.45, 7) is 1.64. The van der Waals surface area contributed by atoms with Gasteiger partial charge >= 0.3 is 0 Å². The first kappa shape index (κ1) is 23.9. The Hall–Kier alpha value is -2.77. The van der Waals surface area contributed by atoms with Gasteiger partial charge < -0.3 is 14.8 Å². The Bertz CT molecular complexity index is 1200. The van der Waals surface area contributed by atoms with Crippen LogP contribution in [0.3, 0.4) is 0 Å². The number of fused-ring (bicyclic) bond motifs is 1. The summed E-state index contributed by atoms with van der Waals surface area (Å²) in [5.74, 6) is 1.91. The molecule has 182 valence electrons. The van der Waals surface area contributed by atoms with Gasteiger partial charge in [0.25, 0.3) is 5.91 Å². The predicted molar refractivity (Wildman–Crippen MR) is 142 cm³/mol. The van der Waals surface area contributed by atoms with E-state index in [-0.39, 0.29) is 11.8 Å². The van der Waals surface area contributed by atoms with E-state index in [2.05, 4.69) is 29.4 Å². The second-order valence-corrected chi connectivity index (χ2v) is 11.4. The second-order valence-electron chi connectivity index (χ2n) is 9.12. The fourth-order valence-corrected chi connectivity index (χ4v) is 7.62. The van der Waals surface area contributed by atoms with Crippen LogP contribution in [0.1, 0.15) is 63.5 Å². The summed E-state index contributed by atoms with van der Waals surface area (Å²) >= 11 is 3.31. The quantitative estimate of drug-likeness (QED) is 0.233. The lowest BCUT2D eigenvalue weighted by Gasteiger charge is -2.28. The molecule has 3 aromatic rings. The average Bonchev–Trinajstić information content (AvgIpc) is 3.30. The fraction of sp³-hybridized carbons (Fsp3) is 0.357. The van der Waals surface area contributed by atoms with Gasteiger partial charge in [-0.15, -0.1) is 23.1 Å². The molecule has 5 rings (SSSR count). The van der Waals surface area contributed by atoms with Crippen molar-refractivity contribution in [3.63, 3.8) is 0 Å². The molecule has 1 saturated heterocycles. The highest BCUT2D eigenvalue weighted by Crippen LogP contribution is 2.45. The van der Waals surface area contributed by atoms with Crippen molar-refractivity contribution in [2.75, 3.05) is 20.2 Å². The molecule has 1 atom stereocenters. The predicted octanol–water partition coefficient (Wildman–Crippen LogP) is 6.58. The number of methoxy groups -OCH3 is 1. The number of carbonyl (C=O) groups is 1. The number of likely N-dealkylation sites (tertiary alicyclic amines) is 1. The first-order chi connectivity index (χ1) is 17.2. The summed E-state index contributed by atoms with van der Waals surface area (Å²) in [7, 11) is 1.66. The summed E-state index contributed by atoms with van der Waals surface area (Å²) in [5, 5.41) is 13.8. The minimum absolute atomic E-state index is 0.130. The molecule has 35 heavy (non-hydrogen) atoms. The van der Waals surface area contributed by atoms with E-state index in [1.807, 2.05) is 35.2 Å². The van der Waals surface area contributed by atoms with E-state index in [0.717, 1.165) is 64.1 Å². The van der Waals surface area contributed by atoms with E-state index < -0.39 is 0 Å². The monoisotopic (exact) mass is 506 g/mol. The molecule has 0 saturated carbocycles. The highest BCUT2D eigenvalue weighted by Gasteiger charge is 2.35. The molecule has 2 aliphatic rings. The summed E-state index contributed by atoms with van der Waals surface area (Å²) in [4.78, 5) is 16.5. The van der Waals surface area contributed by atoms with Crippen LogP contribution in [0.4, 0.5) is 0 Å². The minimum atomic E-state index is 0.130. The lowest BCUT2D eigenvalue weighted by Crippen LogP contribution is -2.36. The highest BCUT2D eigenvalue weighted by molar-refractivity contribution is 8.00. The Balaban J connectivity index is 1.51. The van der Waals surface area contributed by atoms with Crippen LogP contribution in [0.2, 0.25) is 0 Å². The van der Waals surface area contributed by atoms with Crippen molar-refractivity contribution in [3.8, 4) is 5.75 Å². The van der Waals surface area contributed by atoms with Gasteiger partial charge in [-0.1, -0.05) is 47.6 Å². The molecule has 2 aromatic carbocycles. The maximum atomic E-state index is 13.7. The van der Waals surface area contributed by atoms with Gasteiger partial charge in [0.15, 0.2) is 0 Å². The van der Waals surface area contributed by atoms with Gasteiger partial charge in [-0.25, -0.2) is 0 Å². The van der Waals surface area contributed by atoms with Gasteiger partial charge in [-0.3, -0.25) is 4.79 Å². The van der Waals surface area contributed by atoms with Crippen LogP contribution in [0.15, 0.2) is 64.0 Å². The molecule has 0 radical (unpaired) electrons. The SMILES string of the molecule is COc1ccc(C2C/C(=N\O)c3c(SCc4ccccc4)sc(C(=O)N4CCCCC4)c3C2)cc1. The van der Waals surface area contributed by atoms with Crippen molar-refractivity contribution in [1.29, 1.82) is 0 Å². The molecule has 5 nitrogen and oxygen atoms in total. The van der Waals surface area contributed by atoms with Gasteiger partial charge in [0.1, 0.15) is 5.75 Å². The number of thioether (sulfide) groups is 1. The zero-order chi connectivity index (χ0) is 24.2. The van der Waals surface area contributed by atoms with E-state index in [1.165, 1.54) is 17.5 Å². The van der Waals surface area contributed by atoms with Gasteiger partial charge in [-0.2, -0.15) is 0 Å². The van der Waals surface area contributed by atoms with Gasteiger partial charge in [0.05, 0.1) is 21.9 Å². The summed E-state index contributed by atoms with van der Waals surface area (Å²) in [6, 6.07) is 18.4. The zero-order valence-corrected chi connectivity index (χ0v) is 21.5. The van der Waals surface area contributed by atoms with Crippen LogP contribution in [0.25, 0.3) is 0 Å². The lowest BCUT2D eigenvalue weighted by atomic mass is 9.79. The first-order valence-corrected chi connectivity index (χ1v) is 13.9. The third kappa shape index (κ3) is 5.11. The molecule has 1 amide bonds. The van der Waals surface area contributed by atoms with Crippen LogP contribution >= 0.6 is 23.1 Å². The number of hydrogen-bond donors (Lipinski definition) is 1. The smallest absolute Gasteiger partial charge is 0.264 e. The van der Waals surface area contributed by atoms with E-state index in [0.29, 0.717) is 12.1 Å². The average molecular weight is 507 g/mol. The van der Waals surface area contributed by atoms with Gasteiger partial charge in [0, 0.05) is 30.8 Å². The van der Waals surface area contributed by atoms with Crippen LogP contribution in [-0.4, -0.2) is 41.9 Å². The van der Waals surface area contributed by atoms with Crippen LogP contribution in [0, 0.1) is 0 Å². The molecule has 0 spiro atoms. The zero-order valence-electron chi connectivity index (χ0n) is 19.9. The van der Waals surface area contributed by atoms with Crippen molar-refractivity contribution in [2.45, 2.75) is 48.0 Å². The largest absolute Gasteiger partial charge is 0.497 e. The Morgan fingerprint density at radius 2 is 1.83 bits per heavy atom. The van der Waals surface area contributed by atoms with Crippen molar-refractivity contribution >= 4 is 34.7 Å². The number of oxime groups is 1. The number of hydrogen-bond acceptors (Lipinski definition) is 6. The molecule has 1 aromatic heterocycles. The fourth-order valence-electron chi connectivity index (χ4n) is 5.02. The van der Waals surface area contributed by atoms with Crippen LogP contribution in [-0.2, 0) is 12.2 Å². The molecule has 0 bridgehead atoms. The first-order valence-electron chi connectivity index (χ1n) is 12.1. The molecule has 1 aliphatic carbocycles. The van der Waals surface area contributed by atoms with E-state index in [1.54, 1.807) is 30.2 Å². The number of thiophene rings is 1. The number of nitrogens with zero attached hydrogens (tertiary/aromatic N) is 2. The molecule has 2 heterocycles. The standard InChI is InChI=1S/C28H30N2O3S2/c1-33-22-12-10-20(11-13-22)21-16-23-25(24(17-21)29-32)28(34-18-19-8-4-2-5-9-19)35-26(23)27(31)30-14-6-3-7-15-30/h2,4-5,8-13,21,32H,3,6-7,14-18H2,1H3/b29-24+. The number of rotatable bonds is 6. The third-order valence-corrected chi connectivity index (χ3v) is 9.47. The third-order valence-electron chi connectivity index (χ3n) is 6.91. The van der Waals surface area contributed by atoms with Crippen LogP contribution in [0.5, 0.6) is 5.75 Å². The van der Waals surface area contributed by atoms with Crippen molar-refractivity contribution in [3.05, 3.63) is 81.7 Å². The molecule has 1 N–H and O–H groups in total. The van der Waals surface area contributed by atoms with E-state index in [9.17, 15) is 10.0 Å². The second kappa shape index (κ2) is 10.9. The summed E-state index contributed by atoms with van der Waals surface area (Å²) < 4.78 is 6.40. The molecule has 1 fully saturated rings. The van der Waals surface area contributed by atoms with Crippen molar-refractivity contribution in [1.82, 2.24) is 4.90 Å². The maximum absolute atomic E-state index is 13.7. The number of ether oxygens (including phenoxy) is 1. The van der Waals surface area contributed by atoms with E-state index in [4.69, 9.17) is 4.74 Å². The molecule has 7 heteroatoms. The van der Waals surface area contributed by atoms with E-state index >= 15 is 0 Å². The number of piperidine rings is 1. The minimum Gasteiger partial charge on any atom is -0.497 e. The van der Waals surface area contributed by atoms with Crippen LogP contribution < -0.4 is 4.74 Å². The Morgan fingerprint density at radius 3 is 2.51 bits per heavy atom. The van der Waals surface area contributed by atoms with Crippen molar-refractivity contribution in [2.24, 2.45) is 5.16 Å². The normalized spacial score (nSPS) is 18.9. The highest BCUT2D eigenvalue weighted by atomic mass is 32.2.